The van der Waals surface area contributed by atoms with Gasteiger partial charge in [0, 0.05) is 24.2 Å². The Morgan fingerprint density at radius 2 is 1.70 bits per heavy atom. The predicted molar refractivity (Wildman–Crippen MR) is 134 cm³/mol. The zero-order valence-electron chi connectivity index (χ0n) is 19.2. The first-order chi connectivity index (χ1) is 15.7. The Balaban J connectivity index is 1.40. The Morgan fingerprint density at radius 1 is 1.00 bits per heavy atom. The van der Waals surface area contributed by atoms with Gasteiger partial charge in [-0.1, -0.05) is 29.8 Å². The van der Waals surface area contributed by atoms with Gasteiger partial charge in [-0.2, -0.15) is 4.31 Å². The molecule has 0 bridgehead atoms. The Bertz CT molecular complexity index is 1280. The summed E-state index contributed by atoms with van der Waals surface area (Å²) in [6.07, 6.45) is 2.87. The molecule has 0 atom stereocenters. The zero-order valence-corrected chi connectivity index (χ0v) is 20.9. The summed E-state index contributed by atoms with van der Waals surface area (Å²) in [5.41, 5.74) is 4.90. The van der Waals surface area contributed by atoms with Crippen LogP contribution in [0, 0.1) is 20.8 Å². The summed E-state index contributed by atoms with van der Waals surface area (Å²) in [5.74, 6) is 0.0616. The summed E-state index contributed by atoms with van der Waals surface area (Å²) >= 11 is 1.40. The van der Waals surface area contributed by atoms with Gasteiger partial charge in [0.15, 0.2) is 0 Å². The van der Waals surface area contributed by atoms with E-state index in [-0.39, 0.29) is 16.6 Å². The minimum Gasteiger partial charge on any atom is -0.325 e. The minimum atomic E-state index is -3.47. The second-order valence-corrected chi connectivity index (χ2v) is 11.5. The van der Waals surface area contributed by atoms with Crippen molar-refractivity contribution in [3.05, 3.63) is 59.2 Å². The van der Waals surface area contributed by atoms with Crippen LogP contribution in [0.4, 0.5) is 5.69 Å². The van der Waals surface area contributed by atoms with E-state index in [9.17, 15) is 13.2 Å². The molecule has 0 aliphatic carbocycles. The maximum Gasteiger partial charge on any atom is 0.243 e. The van der Waals surface area contributed by atoms with Gasteiger partial charge in [0.05, 0.1) is 16.2 Å². The zero-order chi connectivity index (χ0) is 23.6. The fourth-order valence-electron chi connectivity index (χ4n) is 4.18. The quantitative estimate of drug-likeness (QED) is 0.496. The number of carbonyl (C=O) groups is 1. The Hall–Kier alpha value is -2.42. The molecule has 33 heavy (non-hydrogen) atoms. The van der Waals surface area contributed by atoms with Crippen LogP contribution >= 0.6 is 11.8 Å². The summed E-state index contributed by atoms with van der Waals surface area (Å²) in [4.78, 5) is 17.6. The minimum absolute atomic E-state index is 0.159. The molecule has 1 saturated heterocycles. The van der Waals surface area contributed by atoms with Crippen molar-refractivity contribution in [3.8, 4) is 0 Å². The van der Waals surface area contributed by atoms with E-state index in [1.807, 2.05) is 13.8 Å². The first kappa shape index (κ1) is 23.7. The molecule has 2 heterocycles. The number of hydrogen-bond donors (Lipinski definition) is 1. The fourth-order valence-corrected chi connectivity index (χ4v) is 6.48. The lowest BCUT2D eigenvalue weighted by molar-refractivity contribution is -0.113. The van der Waals surface area contributed by atoms with E-state index in [2.05, 4.69) is 30.4 Å². The predicted octanol–water partition coefficient (Wildman–Crippen LogP) is 5.07. The number of nitrogens with one attached hydrogen (secondary N) is 1. The molecule has 8 heteroatoms. The Morgan fingerprint density at radius 3 is 2.39 bits per heavy atom. The number of aryl methyl sites for hydroxylation is 3. The highest BCUT2D eigenvalue weighted by molar-refractivity contribution is 8.00. The van der Waals surface area contributed by atoms with E-state index in [0.717, 1.165) is 46.3 Å². The van der Waals surface area contributed by atoms with E-state index in [1.54, 1.807) is 28.6 Å². The molecular formula is C25H29N3O3S2. The van der Waals surface area contributed by atoms with Crippen molar-refractivity contribution in [1.29, 1.82) is 0 Å². The number of anilines is 1. The summed E-state index contributed by atoms with van der Waals surface area (Å²) in [6, 6.07) is 12.8. The summed E-state index contributed by atoms with van der Waals surface area (Å²) in [5, 5.41) is 4.80. The van der Waals surface area contributed by atoms with Gasteiger partial charge in [-0.3, -0.25) is 4.79 Å². The average molecular weight is 484 g/mol. The molecule has 1 aromatic heterocycles. The number of aromatic nitrogens is 1. The summed E-state index contributed by atoms with van der Waals surface area (Å²) in [6.45, 7) is 7.27. The highest BCUT2D eigenvalue weighted by atomic mass is 32.2. The highest BCUT2D eigenvalue weighted by Crippen LogP contribution is 2.27. The van der Waals surface area contributed by atoms with Crippen LogP contribution in [-0.4, -0.2) is 42.5 Å². The maximum absolute atomic E-state index is 12.8. The number of pyridine rings is 1. The van der Waals surface area contributed by atoms with Crippen molar-refractivity contribution >= 4 is 44.3 Å². The Labute approximate surface area is 199 Å². The van der Waals surface area contributed by atoms with Crippen LogP contribution < -0.4 is 5.32 Å². The fraction of sp³-hybridized carbons (Fsp3) is 0.360. The van der Waals surface area contributed by atoms with Gasteiger partial charge in [-0.05, 0) is 81.1 Å². The molecule has 0 radical (unpaired) electrons. The van der Waals surface area contributed by atoms with Crippen molar-refractivity contribution in [2.45, 2.75) is 50.0 Å². The lowest BCUT2D eigenvalue weighted by Gasteiger charge is -2.25. The number of amides is 1. The second kappa shape index (κ2) is 9.83. The third-order valence-electron chi connectivity index (χ3n) is 5.83. The average Bonchev–Trinajstić information content (AvgIpc) is 2.79. The number of nitrogens with zero attached hydrogens (tertiary/aromatic N) is 2. The first-order valence-electron chi connectivity index (χ1n) is 11.2. The molecule has 1 amide bonds. The van der Waals surface area contributed by atoms with E-state index in [4.69, 9.17) is 4.98 Å². The van der Waals surface area contributed by atoms with E-state index in [0.29, 0.717) is 18.8 Å². The lowest BCUT2D eigenvalue weighted by atomic mass is 10.1. The molecule has 2 aromatic carbocycles. The van der Waals surface area contributed by atoms with Crippen LogP contribution in [0.15, 0.2) is 52.4 Å². The van der Waals surface area contributed by atoms with E-state index in [1.165, 1.54) is 17.3 Å². The highest BCUT2D eigenvalue weighted by Gasteiger charge is 2.25. The smallest absolute Gasteiger partial charge is 0.243 e. The molecular weight excluding hydrogens is 454 g/mol. The van der Waals surface area contributed by atoms with Gasteiger partial charge >= 0.3 is 0 Å². The third-order valence-corrected chi connectivity index (χ3v) is 8.83. The second-order valence-electron chi connectivity index (χ2n) is 8.59. The van der Waals surface area contributed by atoms with Crippen molar-refractivity contribution in [3.63, 3.8) is 0 Å². The monoisotopic (exact) mass is 483 g/mol. The van der Waals surface area contributed by atoms with Gasteiger partial charge in [-0.15, -0.1) is 0 Å². The number of carbonyl (C=O) groups excluding carboxylic acids is 1. The number of fused-ring (bicyclic) bond motifs is 1. The number of piperidine rings is 1. The molecule has 174 valence electrons. The number of sulfonamides is 1. The molecule has 0 spiro atoms. The molecule has 1 fully saturated rings. The van der Waals surface area contributed by atoms with Crippen LogP contribution in [0.1, 0.15) is 36.0 Å². The molecule has 3 aromatic rings. The normalized spacial score (nSPS) is 15.0. The van der Waals surface area contributed by atoms with Gasteiger partial charge in [0.25, 0.3) is 0 Å². The molecule has 0 saturated carbocycles. The molecule has 1 aliphatic heterocycles. The van der Waals surface area contributed by atoms with Crippen molar-refractivity contribution < 1.29 is 13.2 Å². The molecule has 6 nitrogen and oxygen atoms in total. The number of hydrogen-bond acceptors (Lipinski definition) is 5. The van der Waals surface area contributed by atoms with Crippen LogP contribution in [0.5, 0.6) is 0 Å². The largest absolute Gasteiger partial charge is 0.325 e. The molecule has 1 aliphatic rings. The third kappa shape index (κ3) is 5.39. The van der Waals surface area contributed by atoms with Gasteiger partial charge in [-0.25, -0.2) is 13.4 Å². The topological polar surface area (TPSA) is 79.4 Å². The van der Waals surface area contributed by atoms with E-state index >= 15 is 0 Å². The summed E-state index contributed by atoms with van der Waals surface area (Å²) in [7, 11) is -3.47. The lowest BCUT2D eigenvalue weighted by Crippen LogP contribution is -2.35. The van der Waals surface area contributed by atoms with Crippen molar-refractivity contribution in [1.82, 2.24) is 9.29 Å². The molecule has 4 rings (SSSR count). The SMILES string of the molecule is Cc1cc(C)c2nc(SCC(=O)Nc3ccc(S(=O)(=O)N4CCCCC4)cc3)c(C)cc2c1. The van der Waals surface area contributed by atoms with Crippen LogP contribution in [0.3, 0.4) is 0 Å². The molecule has 1 N–H and O–H groups in total. The van der Waals surface area contributed by atoms with Gasteiger partial charge < -0.3 is 5.32 Å². The van der Waals surface area contributed by atoms with Crippen molar-refractivity contribution in [2.24, 2.45) is 0 Å². The standard InChI is InChI=1S/C25H29N3O3S2/c1-17-13-18(2)24-20(14-17)15-19(3)25(27-24)32-16-23(29)26-21-7-9-22(10-8-21)33(30,31)28-11-5-4-6-12-28/h7-10,13-15H,4-6,11-12,16H2,1-3H3,(H,26,29). The number of benzene rings is 2. The van der Waals surface area contributed by atoms with Crippen LogP contribution in [0.2, 0.25) is 0 Å². The maximum atomic E-state index is 12.8. The van der Waals surface area contributed by atoms with Crippen LogP contribution in [0.25, 0.3) is 10.9 Å². The number of rotatable bonds is 6. The van der Waals surface area contributed by atoms with Gasteiger partial charge in [0.1, 0.15) is 5.03 Å². The Kier molecular flexibility index (Phi) is 7.07. The first-order valence-corrected chi connectivity index (χ1v) is 13.6. The van der Waals surface area contributed by atoms with Gasteiger partial charge in [0.2, 0.25) is 15.9 Å². The molecule has 0 unspecified atom stereocenters. The number of thioether (sulfide) groups is 1. The van der Waals surface area contributed by atoms with Crippen molar-refractivity contribution in [2.75, 3.05) is 24.2 Å². The van der Waals surface area contributed by atoms with E-state index < -0.39 is 10.0 Å². The van der Waals surface area contributed by atoms with Crippen LogP contribution in [-0.2, 0) is 14.8 Å². The summed E-state index contributed by atoms with van der Waals surface area (Å²) < 4.78 is 27.1.